The van der Waals surface area contributed by atoms with Crippen molar-refractivity contribution in [3.63, 3.8) is 0 Å². The van der Waals surface area contributed by atoms with Crippen LogP contribution in [-0.2, 0) is 19.6 Å². The molecule has 0 radical (unpaired) electrons. The SMILES string of the molecule is CC1C(=O)NC(=O)CN1S(=O)(=O)c1ccccc1F. The number of sulfonamides is 1. The number of carbonyl (C=O) groups is 2. The van der Waals surface area contributed by atoms with Crippen molar-refractivity contribution in [2.75, 3.05) is 6.54 Å². The summed E-state index contributed by atoms with van der Waals surface area (Å²) in [5.74, 6) is -2.38. The van der Waals surface area contributed by atoms with Crippen LogP contribution < -0.4 is 5.32 Å². The van der Waals surface area contributed by atoms with Gasteiger partial charge < -0.3 is 0 Å². The highest BCUT2D eigenvalue weighted by molar-refractivity contribution is 7.89. The van der Waals surface area contributed by atoms with Gasteiger partial charge in [-0.05, 0) is 19.1 Å². The molecule has 1 aromatic carbocycles. The Hall–Kier alpha value is -1.80. The second kappa shape index (κ2) is 4.71. The average molecular weight is 286 g/mol. The van der Waals surface area contributed by atoms with Crippen LogP contribution in [0.15, 0.2) is 29.2 Å². The molecule has 1 aromatic rings. The maximum atomic E-state index is 13.6. The van der Waals surface area contributed by atoms with Crippen molar-refractivity contribution < 1.29 is 22.4 Å². The number of nitrogens with one attached hydrogen (secondary N) is 1. The van der Waals surface area contributed by atoms with Crippen LogP contribution in [-0.4, -0.2) is 37.1 Å². The number of halogens is 1. The van der Waals surface area contributed by atoms with Crippen molar-refractivity contribution in [2.24, 2.45) is 0 Å². The molecule has 1 heterocycles. The predicted molar refractivity (Wildman–Crippen MR) is 62.9 cm³/mol. The van der Waals surface area contributed by atoms with Gasteiger partial charge in [-0.25, -0.2) is 12.8 Å². The minimum absolute atomic E-state index is 0.510. The third-order valence-corrected chi connectivity index (χ3v) is 4.75. The highest BCUT2D eigenvalue weighted by atomic mass is 32.2. The lowest BCUT2D eigenvalue weighted by Gasteiger charge is -2.30. The number of rotatable bonds is 2. The van der Waals surface area contributed by atoms with Crippen molar-refractivity contribution in [3.8, 4) is 0 Å². The Morgan fingerprint density at radius 3 is 2.58 bits per heavy atom. The molecule has 6 nitrogen and oxygen atoms in total. The third-order valence-electron chi connectivity index (χ3n) is 2.80. The average Bonchev–Trinajstić information content (AvgIpc) is 2.34. The van der Waals surface area contributed by atoms with Gasteiger partial charge in [0.25, 0.3) is 0 Å². The first-order chi connectivity index (χ1) is 8.84. The van der Waals surface area contributed by atoms with Gasteiger partial charge in [0.05, 0.1) is 6.54 Å². The quantitative estimate of drug-likeness (QED) is 0.767. The van der Waals surface area contributed by atoms with Gasteiger partial charge in [-0.15, -0.1) is 0 Å². The van der Waals surface area contributed by atoms with E-state index in [0.29, 0.717) is 4.31 Å². The highest BCUT2D eigenvalue weighted by Crippen LogP contribution is 2.22. The van der Waals surface area contributed by atoms with Gasteiger partial charge in [-0.1, -0.05) is 12.1 Å². The van der Waals surface area contributed by atoms with Gasteiger partial charge in [0, 0.05) is 0 Å². The van der Waals surface area contributed by atoms with Crippen LogP contribution in [0.5, 0.6) is 0 Å². The van der Waals surface area contributed by atoms with Crippen molar-refractivity contribution in [2.45, 2.75) is 17.9 Å². The Labute approximate surface area is 109 Å². The second-order valence-corrected chi connectivity index (χ2v) is 5.93. The van der Waals surface area contributed by atoms with Crippen LogP contribution in [0.2, 0.25) is 0 Å². The van der Waals surface area contributed by atoms with Crippen molar-refractivity contribution in [3.05, 3.63) is 30.1 Å². The van der Waals surface area contributed by atoms with Gasteiger partial charge in [0.2, 0.25) is 21.8 Å². The van der Waals surface area contributed by atoms with E-state index < -0.39 is 45.1 Å². The minimum Gasteiger partial charge on any atom is -0.294 e. The molecule has 0 saturated carbocycles. The second-order valence-electron chi connectivity index (χ2n) is 4.07. The first-order valence-electron chi connectivity index (χ1n) is 5.44. The topological polar surface area (TPSA) is 83.6 Å². The van der Waals surface area contributed by atoms with E-state index in [9.17, 15) is 22.4 Å². The van der Waals surface area contributed by atoms with Crippen molar-refractivity contribution >= 4 is 21.8 Å². The van der Waals surface area contributed by atoms with Gasteiger partial charge in [0.1, 0.15) is 16.8 Å². The first kappa shape index (κ1) is 13.6. The zero-order valence-electron chi connectivity index (χ0n) is 9.96. The maximum Gasteiger partial charge on any atom is 0.247 e. The molecule has 2 amide bonds. The van der Waals surface area contributed by atoms with Crippen molar-refractivity contribution in [1.82, 2.24) is 9.62 Å². The number of benzene rings is 1. The molecule has 1 unspecified atom stereocenters. The standard InChI is InChI=1S/C11H11FN2O4S/c1-7-11(16)13-10(15)6-14(7)19(17,18)9-5-3-2-4-8(9)12/h2-5,7H,6H2,1H3,(H,13,15,16). The van der Waals surface area contributed by atoms with Gasteiger partial charge in [-0.2, -0.15) is 4.31 Å². The van der Waals surface area contributed by atoms with E-state index in [2.05, 4.69) is 0 Å². The number of carbonyl (C=O) groups excluding carboxylic acids is 2. The Balaban J connectivity index is 2.47. The van der Waals surface area contributed by atoms with Crippen LogP contribution in [0, 0.1) is 5.82 Å². The zero-order valence-corrected chi connectivity index (χ0v) is 10.8. The van der Waals surface area contributed by atoms with Gasteiger partial charge >= 0.3 is 0 Å². The van der Waals surface area contributed by atoms with E-state index in [-0.39, 0.29) is 0 Å². The fraction of sp³-hybridized carbons (Fsp3) is 0.273. The number of piperazine rings is 1. The van der Waals surface area contributed by atoms with E-state index in [1.807, 2.05) is 5.32 Å². The number of amides is 2. The summed E-state index contributed by atoms with van der Waals surface area (Å²) in [7, 11) is -4.23. The molecule has 8 heteroatoms. The summed E-state index contributed by atoms with van der Waals surface area (Å²) in [6, 6.07) is 3.75. The van der Waals surface area contributed by atoms with E-state index in [4.69, 9.17) is 0 Å². The molecule has 0 aliphatic carbocycles. The lowest BCUT2D eigenvalue weighted by molar-refractivity contribution is -0.136. The molecule has 1 aliphatic rings. The van der Waals surface area contributed by atoms with Gasteiger partial charge in [0.15, 0.2) is 0 Å². The Kier molecular flexibility index (Phi) is 3.38. The monoisotopic (exact) mass is 286 g/mol. The molecule has 19 heavy (non-hydrogen) atoms. The summed E-state index contributed by atoms with van der Waals surface area (Å²) in [4.78, 5) is 22.2. The summed E-state index contributed by atoms with van der Waals surface area (Å²) >= 11 is 0. The number of hydrogen-bond acceptors (Lipinski definition) is 4. The molecule has 1 aliphatic heterocycles. The number of nitrogens with zero attached hydrogens (tertiary/aromatic N) is 1. The zero-order chi connectivity index (χ0) is 14.2. The number of hydrogen-bond donors (Lipinski definition) is 1. The fourth-order valence-corrected chi connectivity index (χ4v) is 3.38. The smallest absolute Gasteiger partial charge is 0.247 e. The molecular weight excluding hydrogens is 275 g/mol. The Morgan fingerprint density at radius 1 is 1.32 bits per heavy atom. The van der Waals surface area contributed by atoms with Crippen LogP contribution in [0.1, 0.15) is 6.92 Å². The molecule has 0 aromatic heterocycles. The summed E-state index contributed by atoms with van der Waals surface area (Å²) in [5, 5.41) is 2.02. The molecular formula is C11H11FN2O4S. The van der Waals surface area contributed by atoms with Crippen molar-refractivity contribution in [1.29, 1.82) is 0 Å². The largest absolute Gasteiger partial charge is 0.294 e. The normalized spacial score (nSPS) is 21.3. The number of imide groups is 1. The lowest BCUT2D eigenvalue weighted by Crippen LogP contribution is -2.58. The van der Waals surface area contributed by atoms with E-state index >= 15 is 0 Å². The van der Waals surface area contributed by atoms with E-state index in [1.165, 1.54) is 19.1 Å². The van der Waals surface area contributed by atoms with Crippen LogP contribution in [0.3, 0.4) is 0 Å². The Bertz CT molecular complexity index is 644. The van der Waals surface area contributed by atoms with Crippen LogP contribution >= 0.6 is 0 Å². The molecule has 102 valence electrons. The van der Waals surface area contributed by atoms with Gasteiger partial charge in [-0.3, -0.25) is 14.9 Å². The maximum absolute atomic E-state index is 13.6. The summed E-state index contributed by atoms with van der Waals surface area (Å²) in [5.41, 5.74) is 0. The van der Waals surface area contributed by atoms with E-state index in [0.717, 1.165) is 12.1 Å². The highest BCUT2D eigenvalue weighted by Gasteiger charge is 2.39. The minimum atomic E-state index is -4.23. The predicted octanol–water partition coefficient (Wildman–Crippen LogP) is -0.139. The first-order valence-corrected chi connectivity index (χ1v) is 6.88. The molecule has 2 rings (SSSR count). The van der Waals surface area contributed by atoms with Crippen LogP contribution in [0.4, 0.5) is 4.39 Å². The summed E-state index contributed by atoms with van der Waals surface area (Å²) < 4.78 is 38.8. The molecule has 1 fully saturated rings. The summed E-state index contributed by atoms with van der Waals surface area (Å²) in [6.45, 7) is 0.823. The lowest BCUT2D eigenvalue weighted by atomic mass is 10.2. The van der Waals surface area contributed by atoms with E-state index in [1.54, 1.807) is 0 Å². The molecule has 1 saturated heterocycles. The van der Waals surface area contributed by atoms with Crippen LogP contribution in [0.25, 0.3) is 0 Å². The Morgan fingerprint density at radius 2 is 1.95 bits per heavy atom. The molecule has 0 bridgehead atoms. The fourth-order valence-electron chi connectivity index (χ4n) is 1.76. The summed E-state index contributed by atoms with van der Waals surface area (Å²) in [6.07, 6.45) is 0. The third kappa shape index (κ3) is 2.36. The molecule has 1 N–H and O–H groups in total. The molecule has 0 spiro atoms. The molecule has 1 atom stereocenters.